The largest absolute Gasteiger partial charge is 0.482 e. The minimum atomic E-state index is -0.633. The van der Waals surface area contributed by atoms with Gasteiger partial charge in [-0.15, -0.1) is 0 Å². The first kappa shape index (κ1) is 20.4. The maximum atomic E-state index is 12.2. The fraction of sp³-hybridized carbons (Fsp3) is 0.130. The Hall–Kier alpha value is -3.31. The van der Waals surface area contributed by atoms with E-state index in [0.29, 0.717) is 16.5 Å². The third-order valence-corrected chi connectivity index (χ3v) is 4.37. The number of nitrogens with one attached hydrogen (secondary N) is 1. The SMILES string of the molecule is Cc1cc(Cl)ccc1OCC(=O)OCC(=O)Nc1ccccc1-c1ccccc1. The van der Waals surface area contributed by atoms with Gasteiger partial charge >= 0.3 is 5.97 Å². The molecular formula is C23H20ClNO4. The van der Waals surface area contributed by atoms with Gasteiger partial charge in [-0.25, -0.2) is 4.79 Å². The Labute approximate surface area is 174 Å². The number of benzene rings is 3. The van der Waals surface area contributed by atoms with E-state index in [1.807, 2.05) is 55.5 Å². The van der Waals surface area contributed by atoms with Crippen molar-refractivity contribution in [2.45, 2.75) is 6.92 Å². The summed E-state index contributed by atoms with van der Waals surface area (Å²) in [6.07, 6.45) is 0. The number of esters is 1. The topological polar surface area (TPSA) is 64.6 Å². The first-order valence-electron chi connectivity index (χ1n) is 9.02. The molecule has 6 heteroatoms. The highest BCUT2D eigenvalue weighted by Gasteiger charge is 2.12. The number of amides is 1. The Morgan fingerprint density at radius 1 is 0.931 bits per heavy atom. The third kappa shape index (κ3) is 5.83. The maximum Gasteiger partial charge on any atom is 0.344 e. The van der Waals surface area contributed by atoms with E-state index in [-0.39, 0.29) is 6.61 Å². The van der Waals surface area contributed by atoms with Crippen LogP contribution in [0.3, 0.4) is 0 Å². The molecule has 0 aromatic heterocycles. The van der Waals surface area contributed by atoms with Gasteiger partial charge in [-0.2, -0.15) is 0 Å². The normalized spacial score (nSPS) is 10.3. The van der Waals surface area contributed by atoms with E-state index >= 15 is 0 Å². The molecule has 0 heterocycles. The van der Waals surface area contributed by atoms with Crippen LogP contribution in [0.2, 0.25) is 5.02 Å². The van der Waals surface area contributed by atoms with Crippen LogP contribution in [-0.4, -0.2) is 25.1 Å². The number of ether oxygens (including phenoxy) is 2. The van der Waals surface area contributed by atoms with Crippen LogP contribution in [0.4, 0.5) is 5.69 Å². The van der Waals surface area contributed by atoms with Gasteiger partial charge in [-0.1, -0.05) is 60.1 Å². The summed E-state index contributed by atoms with van der Waals surface area (Å²) in [7, 11) is 0. The van der Waals surface area contributed by atoms with Crippen LogP contribution in [0.1, 0.15) is 5.56 Å². The maximum absolute atomic E-state index is 12.2. The Morgan fingerprint density at radius 3 is 2.41 bits per heavy atom. The van der Waals surface area contributed by atoms with Crippen molar-refractivity contribution in [3.8, 4) is 16.9 Å². The fourth-order valence-corrected chi connectivity index (χ4v) is 2.97. The van der Waals surface area contributed by atoms with Crippen molar-refractivity contribution in [1.82, 2.24) is 0 Å². The average molecular weight is 410 g/mol. The average Bonchev–Trinajstić information content (AvgIpc) is 2.72. The molecule has 0 spiro atoms. The Bertz CT molecular complexity index is 1000. The number of anilines is 1. The van der Waals surface area contributed by atoms with Gasteiger partial charge < -0.3 is 14.8 Å². The van der Waals surface area contributed by atoms with Crippen molar-refractivity contribution in [2.24, 2.45) is 0 Å². The van der Waals surface area contributed by atoms with Crippen molar-refractivity contribution in [3.05, 3.63) is 83.4 Å². The molecule has 0 unspecified atom stereocenters. The molecule has 5 nitrogen and oxygen atoms in total. The first-order chi connectivity index (χ1) is 14.0. The van der Waals surface area contributed by atoms with Gasteiger partial charge in [0.2, 0.25) is 0 Å². The molecule has 0 saturated carbocycles. The fourth-order valence-electron chi connectivity index (χ4n) is 2.75. The van der Waals surface area contributed by atoms with Crippen molar-refractivity contribution in [3.63, 3.8) is 0 Å². The molecule has 0 bridgehead atoms. The summed E-state index contributed by atoms with van der Waals surface area (Å²) in [4.78, 5) is 24.1. The van der Waals surface area contributed by atoms with Crippen LogP contribution in [0.5, 0.6) is 5.75 Å². The number of aryl methyl sites for hydroxylation is 1. The number of para-hydroxylation sites is 1. The molecule has 29 heavy (non-hydrogen) atoms. The van der Waals surface area contributed by atoms with Crippen molar-refractivity contribution in [2.75, 3.05) is 18.5 Å². The minimum absolute atomic E-state index is 0.295. The summed E-state index contributed by atoms with van der Waals surface area (Å²) in [6.45, 7) is 1.13. The van der Waals surface area contributed by atoms with Crippen molar-refractivity contribution < 1.29 is 19.1 Å². The first-order valence-corrected chi connectivity index (χ1v) is 9.39. The van der Waals surface area contributed by atoms with Crippen LogP contribution in [-0.2, 0) is 14.3 Å². The quantitative estimate of drug-likeness (QED) is 0.565. The summed E-state index contributed by atoms with van der Waals surface area (Å²) in [5, 5.41) is 3.37. The van der Waals surface area contributed by atoms with E-state index < -0.39 is 18.5 Å². The van der Waals surface area contributed by atoms with E-state index in [4.69, 9.17) is 21.1 Å². The number of carbonyl (C=O) groups is 2. The Kier molecular flexibility index (Phi) is 6.87. The summed E-state index contributed by atoms with van der Waals surface area (Å²) < 4.78 is 10.4. The number of carbonyl (C=O) groups excluding carboxylic acids is 2. The molecule has 0 saturated heterocycles. The Balaban J connectivity index is 1.52. The molecule has 3 aromatic rings. The smallest absolute Gasteiger partial charge is 0.344 e. The van der Waals surface area contributed by atoms with Gasteiger partial charge in [0.05, 0.1) is 0 Å². The van der Waals surface area contributed by atoms with Gasteiger partial charge in [0.15, 0.2) is 13.2 Å². The second kappa shape index (κ2) is 9.75. The highest BCUT2D eigenvalue weighted by Crippen LogP contribution is 2.27. The van der Waals surface area contributed by atoms with Crippen molar-refractivity contribution in [1.29, 1.82) is 0 Å². The van der Waals surface area contributed by atoms with E-state index in [0.717, 1.165) is 16.7 Å². The van der Waals surface area contributed by atoms with Gasteiger partial charge in [-0.3, -0.25) is 4.79 Å². The zero-order valence-corrected chi connectivity index (χ0v) is 16.6. The second-order valence-electron chi connectivity index (χ2n) is 6.32. The number of hydrogen-bond donors (Lipinski definition) is 1. The summed E-state index contributed by atoms with van der Waals surface area (Å²) in [5.74, 6) is -0.525. The predicted molar refractivity (Wildman–Crippen MR) is 113 cm³/mol. The van der Waals surface area contributed by atoms with Crippen LogP contribution in [0.25, 0.3) is 11.1 Å². The zero-order valence-electron chi connectivity index (χ0n) is 15.9. The molecule has 0 aliphatic heterocycles. The van der Waals surface area contributed by atoms with E-state index in [9.17, 15) is 9.59 Å². The molecule has 3 aromatic carbocycles. The van der Waals surface area contributed by atoms with Gasteiger partial charge in [-0.05, 0) is 42.3 Å². The van der Waals surface area contributed by atoms with E-state index in [1.54, 1.807) is 24.3 Å². The number of halogens is 1. The molecule has 1 amide bonds. The molecular weight excluding hydrogens is 390 g/mol. The minimum Gasteiger partial charge on any atom is -0.482 e. The van der Waals surface area contributed by atoms with Crippen LogP contribution < -0.4 is 10.1 Å². The van der Waals surface area contributed by atoms with Crippen LogP contribution in [0, 0.1) is 6.92 Å². The zero-order chi connectivity index (χ0) is 20.6. The van der Waals surface area contributed by atoms with Gasteiger partial charge in [0, 0.05) is 16.3 Å². The monoisotopic (exact) mass is 409 g/mol. The molecule has 0 atom stereocenters. The lowest BCUT2D eigenvalue weighted by Crippen LogP contribution is -2.24. The lowest BCUT2D eigenvalue weighted by Gasteiger charge is -2.12. The molecule has 0 aliphatic carbocycles. The third-order valence-electron chi connectivity index (χ3n) is 4.13. The molecule has 1 N–H and O–H groups in total. The van der Waals surface area contributed by atoms with Crippen LogP contribution in [0.15, 0.2) is 72.8 Å². The molecule has 0 fully saturated rings. The number of hydrogen-bond acceptors (Lipinski definition) is 4. The van der Waals surface area contributed by atoms with Crippen molar-refractivity contribution >= 4 is 29.2 Å². The lowest BCUT2D eigenvalue weighted by atomic mass is 10.0. The second-order valence-corrected chi connectivity index (χ2v) is 6.76. The predicted octanol–water partition coefficient (Wildman–Crippen LogP) is 4.88. The van der Waals surface area contributed by atoms with Gasteiger partial charge in [0.1, 0.15) is 5.75 Å². The molecule has 0 radical (unpaired) electrons. The summed E-state index contributed by atoms with van der Waals surface area (Å²) in [6, 6.07) is 22.2. The van der Waals surface area contributed by atoms with E-state index in [1.165, 1.54) is 0 Å². The highest BCUT2D eigenvalue weighted by molar-refractivity contribution is 6.30. The van der Waals surface area contributed by atoms with E-state index in [2.05, 4.69) is 5.32 Å². The summed E-state index contributed by atoms with van der Waals surface area (Å²) >= 11 is 5.89. The van der Waals surface area contributed by atoms with Crippen LogP contribution >= 0.6 is 11.6 Å². The lowest BCUT2D eigenvalue weighted by molar-refractivity contribution is -0.149. The standard InChI is InChI=1S/C23H20ClNO4/c1-16-13-18(24)11-12-21(16)28-15-23(27)29-14-22(26)25-20-10-6-5-9-19(20)17-7-3-2-4-8-17/h2-13H,14-15H2,1H3,(H,25,26). The number of rotatable bonds is 7. The molecule has 0 aliphatic rings. The Morgan fingerprint density at radius 2 is 1.66 bits per heavy atom. The van der Waals surface area contributed by atoms with Gasteiger partial charge in [0.25, 0.3) is 5.91 Å². The molecule has 148 valence electrons. The highest BCUT2D eigenvalue weighted by atomic mass is 35.5. The summed E-state index contributed by atoms with van der Waals surface area (Å²) in [5.41, 5.74) is 3.31. The molecule has 3 rings (SSSR count).